The molecule has 0 spiro atoms. The van der Waals surface area contributed by atoms with Gasteiger partial charge in [-0.2, -0.15) is 5.10 Å². The van der Waals surface area contributed by atoms with Crippen LogP contribution in [0.25, 0.3) is 0 Å². The molecule has 3 heterocycles. The van der Waals surface area contributed by atoms with Crippen molar-refractivity contribution in [1.82, 2.24) is 20.5 Å². The topological polar surface area (TPSA) is 111 Å². The minimum absolute atomic E-state index is 0.0785. The molecule has 23 heavy (non-hydrogen) atoms. The summed E-state index contributed by atoms with van der Waals surface area (Å²) in [4.78, 5) is 50.2. The molecule has 3 rings (SSSR count). The zero-order chi connectivity index (χ0) is 16.4. The SMILES string of the molecule is O=C1CCC(C(=O)N2CCN(C(=O)C3CCC(=O)N3)CC2)=NN1. The van der Waals surface area contributed by atoms with E-state index in [0.29, 0.717) is 51.2 Å². The number of carbonyl (C=O) groups excluding carboxylic acids is 4. The van der Waals surface area contributed by atoms with E-state index >= 15 is 0 Å². The number of nitrogens with zero attached hydrogens (tertiary/aromatic N) is 3. The van der Waals surface area contributed by atoms with Gasteiger partial charge in [0.05, 0.1) is 0 Å². The standard InChI is InChI=1S/C14H19N5O4/c20-11-3-1-9(15-11)13(22)18-5-7-19(8-6-18)14(23)10-2-4-12(21)17-16-10/h9H,1-8H2,(H,15,20)(H,17,21). The van der Waals surface area contributed by atoms with Gasteiger partial charge in [0, 0.05) is 45.4 Å². The highest BCUT2D eigenvalue weighted by molar-refractivity contribution is 6.39. The van der Waals surface area contributed by atoms with Gasteiger partial charge in [-0.05, 0) is 6.42 Å². The zero-order valence-electron chi connectivity index (χ0n) is 12.7. The molecule has 124 valence electrons. The molecule has 0 aromatic heterocycles. The average molecular weight is 321 g/mol. The maximum atomic E-state index is 12.3. The summed E-state index contributed by atoms with van der Waals surface area (Å²) >= 11 is 0. The fourth-order valence-corrected chi connectivity index (χ4v) is 2.96. The van der Waals surface area contributed by atoms with E-state index in [0.717, 1.165) is 0 Å². The van der Waals surface area contributed by atoms with Gasteiger partial charge < -0.3 is 15.1 Å². The molecular formula is C14H19N5O4. The van der Waals surface area contributed by atoms with E-state index < -0.39 is 6.04 Å². The molecule has 0 saturated carbocycles. The van der Waals surface area contributed by atoms with Gasteiger partial charge in [-0.15, -0.1) is 0 Å². The number of hydrogen-bond acceptors (Lipinski definition) is 5. The third-order valence-corrected chi connectivity index (χ3v) is 4.32. The Bertz CT molecular complexity index is 580. The van der Waals surface area contributed by atoms with Crippen LogP contribution in [-0.2, 0) is 19.2 Å². The number of amides is 4. The second-order valence-corrected chi connectivity index (χ2v) is 5.87. The Hall–Kier alpha value is -2.45. The van der Waals surface area contributed by atoms with Crippen molar-refractivity contribution >= 4 is 29.3 Å². The van der Waals surface area contributed by atoms with E-state index in [-0.39, 0.29) is 30.0 Å². The summed E-state index contributed by atoms with van der Waals surface area (Å²) in [5.41, 5.74) is 2.67. The van der Waals surface area contributed by atoms with Gasteiger partial charge in [-0.3, -0.25) is 19.2 Å². The number of hydrogen-bond donors (Lipinski definition) is 2. The van der Waals surface area contributed by atoms with Crippen LogP contribution >= 0.6 is 0 Å². The molecule has 0 aromatic rings. The van der Waals surface area contributed by atoms with E-state index in [4.69, 9.17) is 0 Å². The first-order valence-electron chi connectivity index (χ1n) is 7.77. The molecule has 2 fully saturated rings. The average Bonchev–Trinajstić information content (AvgIpc) is 3.01. The summed E-state index contributed by atoms with van der Waals surface area (Å²) in [5.74, 6) is -0.540. The van der Waals surface area contributed by atoms with Gasteiger partial charge in [0.1, 0.15) is 11.8 Å². The van der Waals surface area contributed by atoms with Crippen LogP contribution < -0.4 is 10.7 Å². The molecule has 1 atom stereocenters. The van der Waals surface area contributed by atoms with Crippen molar-refractivity contribution in [3.05, 3.63) is 0 Å². The largest absolute Gasteiger partial charge is 0.344 e. The van der Waals surface area contributed by atoms with Crippen molar-refractivity contribution in [2.45, 2.75) is 31.7 Å². The minimum Gasteiger partial charge on any atom is -0.344 e. The van der Waals surface area contributed by atoms with Crippen LogP contribution in [0.5, 0.6) is 0 Å². The van der Waals surface area contributed by atoms with Gasteiger partial charge in [-0.25, -0.2) is 5.43 Å². The smallest absolute Gasteiger partial charge is 0.270 e. The molecule has 2 saturated heterocycles. The lowest BCUT2D eigenvalue weighted by molar-refractivity contribution is -0.138. The number of rotatable bonds is 2. The van der Waals surface area contributed by atoms with Crippen molar-refractivity contribution in [1.29, 1.82) is 0 Å². The van der Waals surface area contributed by atoms with Crippen LogP contribution in [0.3, 0.4) is 0 Å². The predicted molar refractivity (Wildman–Crippen MR) is 79.1 cm³/mol. The number of nitrogens with one attached hydrogen (secondary N) is 2. The molecule has 0 aliphatic carbocycles. The van der Waals surface area contributed by atoms with E-state index in [2.05, 4.69) is 15.8 Å². The molecule has 0 aromatic carbocycles. The van der Waals surface area contributed by atoms with E-state index in [1.165, 1.54) is 0 Å². The predicted octanol–water partition coefficient (Wildman–Crippen LogP) is -1.80. The van der Waals surface area contributed by atoms with Crippen molar-refractivity contribution < 1.29 is 19.2 Å². The van der Waals surface area contributed by atoms with Crippen LogP contribution in [0, 0.1) is 0 Å². The Morgan fingerprint density at radius 1 is 0.957 bits per heavy atom. The van der Waals surface area contributed by atoms with E-state index in [1.54, 1.807) is 9.80 Å². The fraction of sp³-hybridized carbons (Fsp3) is 0.643. The molecule has 0 bridgehead atoms. The maximum Gasteiger partial charge on any atom is 0.270 e. The molecule has 3 aliphatic rings. The second-order valence-electron chi connectivity index (χ2n) is 5.87. The molecule has 4 amide bonds. The summed E-state index contributed by atoms with van der Waals surface area (Å²) in [6.07, 6.45) is 1.54. The fourth-order valence-electron chi connectivity index (χ4n) is 2.96. The Morgan fingerprint density at radius 3 is 2.22 bits per heavy atom. The van der Waals surface area contributed by atoms with Gasteiger partial charge >= 0.3 is 0 Å². The molecular weight excluding hydrogens is 302 g/mol. The minimum atomic E-state index is -0.428. The summed E-state index contributed by atoms with van der Waals surface area (Å²) in [7, 11) is 0. The lowest BCUT2D eigenvalue weighted by Gasteiger charge is -2.36. The Balaban J connectivity index is 1.52. The third-order valence-electron chi connectivity index (χ3n) is 4.32. The first kappa shape index (κ1) is 15.4. The van der Waals surface area contributed by atoms with Crippen LogP contribution in [0.4, 0.5) is 0 Å². The third kappa shape index (κ3) is 3.33. The molecule has 3 aliphatic heterocycles. The van der Waals surface area contributed by atoms with Crippen molar-refractivity contribution in [3.8, 4) is 0 Å². The molecule has 9 nitrogen and oxygen atoms in total. The van der Waals surface area contributed by atoms with Crippen molar-refractivity contribution in [3.63, 3.8) is 0 Å². The first-order chi connectivity index (χ1) is 11.0. The zero-order valence-corrected chi connectivity index (χ0v) is 12.7. The first-order valence-corrected chi connectivity index (χ1v) is 7.77. The molecule has 0 radical (unpaired) electrons. The number of piperazine rings is 1. The van der Waals surface area contributed by atoms with Crippen LogP contribution in [0.1, 0.15) is 25.7 Å². The van der Waals surface area contributed by atoms with Gasteiger partial charge in [0.15, 0.2) is 0 Å². The van der Waals surface area contributed by atoms with Crippen LogP contribution in [-0.4, -0.2) is 71.4 Å². The van der Waals surface area contributed by atoms with Crippen molar-refractivity contribution in [2.75, 3.05) is 26.2 Å². The highest BCUT2D eigenvalue weighted by Gasteiger charge is 2.33. The normalized spacial score (nSPS) is 24.9. The number of hydrazone groups is 1. The van der Waals surface area contributed by atoms with Gasteiger partial charge in [-0.1, -0.05) is 0 Å². The second kappa shape index (κ2) is 6.35. The highest BCUT2D eigenvalue weighted by atomic mass is 16.2. The quantitative estimate of drug-likeness (QED) is 0.625. The van der Waals surface area contributed by atoms with Crippen LogP contribution in [0.15, 0.2) is 5.10 Å². The Morgan fingerprint density at radius 2 is 1.65 bits per heavy atom. The van der Waals surface area contributed by atoms with E-state index in [1.807, 2.05) is 0 Å². The molecule has 2 N–H and O–H groups in total. The summed E-state index contributed by atoms with van der Waals surface area (Å²) in [5, 5.41) is 6.48. The lowest BCUT2D eigenvalue weighted by Crippen LogP contribution is -2.55. The van der Waals surface area contributed by atoms with Crippen molar-refractivity contribution in [2.24, 2.45) is 5.10 Å². The summed E-state index contributed by atoms with van der Waals surface area (Å²) in [6, 6.07) is -0.428. The van der Waals surface area contributed by atoms with Crippen LogP contribution in [0.2, 0.25) is 0 Å². The van der Waals surface area contributed by atoms with Gasteiger partial charge in [0.25, 0.3) is 5.91 Å². The van der Waals surface area contributed by atoms with Gasteiger partial charge in [0.2, 0.25) is 17.7 Å². The number of carbonyl (C=O) groups is 4. The maximum absolute atomic E-state index is 12.3. The lowest BCUT2D eigenvalue weighted by atomic mass is 10.1. The monoisotopic (exact) mass is 321 g/mol. The summed E-state index contributed by atoms with van der Waals surface area (Å²) < 4.78 is 0. The van der Waals surface area contributed by atoms with E-state index in [9.17, 15) is 19.2 Å². The molecule has 9 heteroatoms. The Labute approximate surface area is 133 Å². The summed E-state index contributed by atoms with van der Waals surface area (Å²) in [6.45, 7) is 1.74. The molecule has 1 unspecified atom stereocenters. The Kier molecular flexibility index (Phi) is 4.26. The highest BCUT2D eigenvalue weighted by Crippen LogP contribution is 2.13.